The molecule has 1 amide bonds. The van der Waals surface area contributed by atoms with Crippen molar-refractivity contribution < 1.29 is 9.63 Å². The first-order chi connectivity index (χ1) is 14.1. The molecule has 1 saturated heterocycles. The van der Waals surface area contributed by atoms with Crippen LogP contribution in [0.15, 0.2) is 30.3 Å². The minimum Gasteiger partial charge on any atom is -0.334 e. The third-order valence-electron chi connectivity index (χ3n) is 6.95. The highest BCUT2D eigenvalue weighted by Crippen LogP contribution is 2.43. The minimum atomic E-state index is -0.646. The van der Waals surface area contributed by atoms with Gasteiger partial charge in [-0.25, -0.2) is 0 Å². The number of unbranched alkanes of at least 4 members (excludes halogenated alkanes) is 2. The van der Waals surface area contributed by atoms with E-state index in [9.17, 15) is 4.79 Å². The molecule has 0 N–H and O–H groups in total. The van der Waals surface area contributed by atoms with Crippen molar-refractivity contribution in [2.45, 2.75) is 117 Å². The van der Waals surface area contributed by atoms with Gasteiger partial charge < -0.3 is 4.90 Å². The number of carbonyl (C=O) groups excluding carboxylic acids is 1. The lowest BCUT2D eigenvalue weighted by atomic mass is 9.79. The summed E-state index contributed by atoms with van der Waals surface area (Å²) in [5, 5.41) is 2.05. The van der Waals surface area contributed by atoms with Crippen LogP contribution in [0.5, 0.6) is 0 Å². The molecule has 0 aliphatic carbocycles. The first-order valence-corrected chi connectivity index (χ1v) is 11.9. The molecule has 0 bridgehead atoms. The predicted octanol–water partition coefficient (Wildman–Crippen LogP) is 6.52. The smallest absolute Gasteiger partial charge is 0.245 e. The molecule has 0 saturated carbocycles. The highest BCUT2D eigenvalue weighted by molar-refractivity contribution is 5.88. The van der Waals surface area contributed by atoms with E-state index in [1.54, 1.807) is 0 Å². The van der Waals surface area contributed by atoms with Crippen LogP contribution >= 0.6 is 0 Å². The molecule has 170 valence electrons. The Morgan fingerprint density at radius 1 is 1.07 bits per heavy atom. The number of hydroxylamine groups is 2. The van der Waals surface area contributed by atoms with Gasteiger partial charge in [-0.3, -0.25) is 9.63 Å². The Morgan fingerprint density at radius 2 is 1.67 bits per heavy atom. The Kier molecular flexibility index (Phi) is 8.15. The fourth-order valence-electron chi connectivity index (χ4n) is 4.90. The van der Waals surface area contributed by atoms with E-state index in [4.69, 9.17) is 4.84 Å². The van der Waals surface area contributed by atoms with E-state index in [1.807, 2.05) is 18.2 Å². The van der Waals surface area contributed by atoms with Crippen molar-refractivity contribution in [3.63, 3.8) is 0 Å². The number of rotatable bonds is 10. The van der Waals surface area contributed by atoms with E-state index in [2.05, 4.69) is 77.5 Å². The summed E-state index contributed by atoms with van der Waals surface area (Å²) >= 11 is 0. The first kappa shape index (κ1) is 24.9. The number of amides is 1. The summed E-state index contributed by atoms with van der Waals surface area (Å²) in [4.78, 5) is 22.8. The topological polar surface area (TPSA) is 32.8 Å². The van der Waals surface area contributed by atoms with Gasteiger partial charge in [0.1, 0.15) is 11.6 Å². The van der Waals surface area contributed by atoms with Crippen LogP contribution in [0.3, 0.4) is 0 Å². The van der Waals surface area contributed by atoms with Gasteiger partial charge in [-0.05, 0) is 59.4 Å². The van der Waals surface area contributed by atoms with E-state index in [0.29, 0.717) is 6.54 Å². The maximum Gasteiger partial charge on any atom is 0.245 e. The lowest BCUT2D eigenvalue weighted by Crippen LogP contribution is -2.75. The monoisotopic (exact) mass is 416 g/mol. The zero-order chi connectivity index (χ0) is 22.6. The summed E-state index contributed by atoms with van der Waals surface area (Å²) in [6, 6.07) is 10.3. The molecule has 1 aliphatic heterocycles. The van der Waals surface area contributed by atoms with Crippen LogP contribution in [0.4, 0.5) is 0 Å². The highest BCUT2D eigenvalue weighted by Gasteiger charge is 2.57. The minimum absolute atomic E-state index is 0.111. The second-order valence-electron chi connectivity index (χ2n) is 10.2. The van der Waals surface area contributed by atoms with Gasteiger partial charge in [-0.15, -0.1) is 0 Å². The summed E-state index contributed by atoms with van der Waals surface area (Å²) in [5.74, 6) is 0.216. The van der Waals surface area contributed by atoms with Crippen molar-refractivity contribution in [2.24, 2.45) is 0 Å². The van der Waals surface area contributed by atoms with Gasteiger partial charge in [0.2, 0.25) is 5.91 Å². The van der Waals surface area contributed by atoms with Crippen molar-refractivity contribution >= 4 is 5.91 Å². The molecule has 30 heavy (non-hydrogen) atoms. The normalized spacial score (nSPS) is 20.4. The third kappa shape index (κ3) is 4.91. The number of piperazine rings is 1. The summed E-state index contributed by atoms with van der Waals surface area (Å²) in [5.41, 5.74) is 0.0396. The molecule has 1 unspecified atom stereocenters. The van der Waals surface area contributed by atoms with Gasteiger partial charge in [0, 0.05) is 12.1 Å². The van der Waals surface area contributed by atoms with E-state index >= 15 is 0 Å². The number of nitrogens with zero attached hydrogens (tertiary/aromatic N) is 2. The molecular formula is C26H44N2O2. The molecule has 1 atom stereocenters. The van der Waals surface area contributed by atoms with Crippen molar-refractivity contribution in [3.05, 3.63) is 35.9 Å². The second kappa shape index (κ2) is 9.82. The van der Waals surface area contributed by atoms with Crippen molar-refractivity contribution in [3.8, 4) is 0 Å². The summed E-state index contributed by atoms with van der Waals surface area (Å²) in [6.45, 7) is 18.1. The number of carbonyl (C=O) groups is 1. The zero-order valence-corrected chi connectivity index (χ0v) is 20.6. The Bertz CT molecular complexity index is 680. The molecule has 1 aromatic carbocycles. The van der Waals surface area contributed by atoms with Gasteiger partial charge >= 0.3 is 0 Å². The van der Waals surface area contributed by atoms with Crippen LogP contribution in [-0.2, 0) is 9.63 Å². The molecule has 1 aliphatic rings. The van der Waals surface area contributed by atoms with Crippen LogP contribution in [0, 0.1) is 0 Å². The lowest BCUT2D eigenvalue weighted by molar-refractivity contribution is -0.312. The lowest BCUT2D eigenvalue weighted by Gasteiger charge is -2.59. The Hall–Kier alpha value is -1.39. The largest absolute Gasteiger partial charge is 0.334 e. The molecule has 0 spiro atoms. The molecule has 1 aromatic rings. The van der Waals surface area contributed by atoms with E-state index < -0.39 is 5.54 Å². The second-order valence-corrected chi connectivity index (χ2v) is 10.2. The Balaban J connectivity index is 2.37. The maximum absolute atomic E-state index is 14.0. The van der Waals surface area contributed by atoms with E-state index in [1.165, 1.54) is 12.8 Å². The number of benzene rings is 1. The zero-order valence-electron chi connectivity index (χ0n) is 20.6. The summed E-state index contributed by atoms with van der Waals surface area (Å²) in [7, 11) is 0. The van der Waals surface area contributed by atoms with Crippen molar-refractivity contribution in [1.82, 2.24) is 9.96 Å². The van der Waals surface area contributed by atoms with Crippen molar-refractivity contribution in [2.75, 3.05) is 6.54 Å². The quantitative estimate of drug-likeness (QED) is 0.407. The van der Waals surface area contributed by atoms with Crippen LogP contribution in [-0.4, -0.2) is 39.0 Å². The van der Waals surface area contributed by atoms with E-state index in [0.717, 1.165) is 31.2 Å². The van der Waals surface area contributed by atoms with Crippen LogP contribution in [0.25, 0.3) is 0 Å². The number of hydrogen-bond acceptors (Lipinski definition) is 3. The van der Waals surface area contributed by atoms with Crippen LogP contribution in [0.2, 0.25) is 0 Å². The average molecular weight is 417 g/mol. The fraction of sp³-hybridized carbons (Fsp3) is 0.731. The molecule has 2 rings (SSSR count). The molecule has 0 aromatic heterocycles. The Morgan fingerprint density at radius 3 is 2.20 bits per heavy atom. The molecular weight excluding hydrogens is 372 g/mol. The molecule has 0 radical (unpaired) electrons. The first-order valence-electron chi connectivity index (χ1n) is 11.9. The summed E-state index contributed by atoms with van der Waals surface area (Å²) in [6.07, 6.45) is 5.95. The molecule has 4 nitrogen and oxygen atoms in total. The van der Waals surface area contributed by atoms with Gasteiger partial charge in [0.05, 0.1) is 5.54 Å². The Labute approximate surface area is 184 Å². The fourth-order valence-corrected chi connectivity index (χ4v) is 4.90. The van der Waals surface area contributed by atoms with Gasteiger partial charge in [0.15, 0.2) is 0 Å². The average Bonchev–Trinajstić information content (AvgIpc) is 2.72. The van der Waals surface area contributed by atoms with Crippen LogP contribution < -0.4 is 0 Å². The SMILES string of the molecule is CCCCCC(C)(C)N1CC(C)(C)N(OC(C)c2ccccc2)C(CC)(CC)C1=O. The third-order valence-corrected chi connectivity index (χ3v) is 6.95. The molecule has 1 fully saturated rings. The maximum atomic E-state index is 14.0. The molecule has 4 heteroatoms. The van der Waals surface area contributed by atoms with Gasteiger partial charge in [-0.1, -0.05) is 70.4 Å². The van der Waals surface area contributed by atoms with E-state index in [-0.39, 0.29) is 23.1 Å². The molecule has 1 heterocycles. The van der Waals surface area contributed by atoms with Gasteiger partial charge in [0.25, 0.3) is 0 Å². The van der Waals surface area contributed by atoms with Crippen molar-refractivity contribution in [1.29, 1.82) is 0 Å². The van der Waals surface area contributed by atoms with Gasteiger partial charge in [-0.2, -0.15) is 5.06 Å². The highest BCUT2D eigenvalue weighted by atomic mass is 16.7. The standard InChI is InChI=1S/C26H44N2O2/c1-9-12-16-19-24(5,6)27-20-25(7,8)28(26(10-2,11-3)23(27)29)30-21(4)22-17-14-13-15-18-22/h13-15,17-18,21H,9-12,16,19-20H2,1-8H3. The predicted molar refractivity (Wildman–Crippen MR) is 125 cm³/mol. The summed E-state index contributed by atoms with van der Waals surface area (Å²) < 4.78 is 0. The number of hydrogen-bond donors (Lipinski definition) is 0. The van der Waals surface area contributed by atoms with Crippen LogP contribution in [0.1, 0.15) is 106 Å².